The minimum absolute atomic E-state index is 0.703. The molecule has 9 aromatic carbocycles. The monoisotopic (exact) mass is 765 g/mol. The summed E-state index contributed by atoms with van der Waals surface area (Å²) in [5, 5.41) is 6.92. The summed E-state index contributed by atoms with van der Waals surface area (Å²) in [5.74, 6) is 0.703. The Hall–Kier alpha value is -8.08. The molecule has 0 bridgehead atoms. The van der Waals surface area contributed by atoms with Crippen molar-refractivity contribution in [2.75, 3.05) is 0 Å². The molecule has 60 heavy (non-hydrogen) atoms. The summed E-state index contributed by atoms with van der Waals surface area (Å²) < 4.78 is 9.24. The highest BCUT2D eigenvalue weighted by atomic mass is 16.3. The van der Waals surface area contributed by atoms with Gasteiger partial charge in [0.05, 0.1) is 28.1 Å². The highest BCUT2D eigenvalue weighted by Crippen LogP contribution is 2.44. The minimum Gasteiger partial charge on any atom is -0.455 e. The van der Waals surface area contributed by atoms with E-state index in [1.54, 1.807) is 0 Å². The van der Waals surface area contributed by atoms with Crippen molar-refractivity contribution >= 4 is 54.5 Å². The van der Waals surface area contributed by atoms with Gasteiger partial charge >= 0.3 is 0 Å². The Balaban J connectivity index is 1.01. The van der Waals surface area contributed by atoms with Crippen LogP contribution in [-0.2, 0) is 0 Å². The highest BCUT2D eigenvalue weighted by molar-refractivity contribution is 6.22. The molecule has 12 aromatic rings. The molecule has 0 aliphatic heterocycles. The first-order chi connectivity index (χ1) is 29.7. The number of hydrogen-bond acceptors (Lipinski definition) is 3. The van der Waals surface area contributed by atoms with Gasteiger partial charge in [-0.05, 0) is 64.7 Å². The molecular formula is C56H35N3O. The molecule has 0 aliphatic carbocycles. The quantitative estimate of drug-likeness (QED) is 0.169. The van der Waals surface area contributed by atoms with Gasteiger partial charge in [-0.1, -0.05) is 170 Å². The SMILES string of the molecule is c1ccc(-c2cc(-c3cccc(-c4cccc(-c5cccc6oc7c8ccccc8c(-n8c9ccccc9c9ccccc98)cc7c56)c4)c3)nc(-c3ccccc3)n2)cc1. The average molecular weight is 766 g/mol. The van der Waals surface area contributed by atoms with E-state index in [4.69, 9.17) is 14.4 Å². The summed E-state index contributed by atoms with van der Waals surface area (Å²) in [4.78, 5) is 10.1. The predicted molar refractivity (Wildman–Crippen MR) is 248 cm³/mol. The Morgan fingerprint density at radius 3 is 1.57 bits per heavy atom. The lowest BCUT2D eigenvalue weighted by atomic mass is 9.94. The molecule has 0 amide bonds. The molecule has 0 spiro atoms. The Kier molecular flexibility index (Phi) is 7.82. The smallest absolute Gasteiger partial charge is 0.160 e. The van der Waals surface area contributed by atoms with Crippen LogP contribution in [0.1, 0.15) is 0 Å². The standard InChI is InChI=1S/C56H35N3O/c1-3-16-36(17-4-1)48-35-49(58-56(57-48)37-18-5-2-6-19-37)41-23-14-21-39(33-41)38-20-13-22-40(32-38)42-28-15-31-53-54(42)47-34-52(45-26-7-8-27-46(45)55(47)60-53)59-50-29-11-9-24-43(50)44-25-10-12-30-51(44)59/h1-35H. The van der Waals surface area contributed by atoms with Crippen LogP contribution in [0, 0.1) is 0 Å². The zero-order valence-corrected chi connectivity index (χ0v) is 32.5. The van der Waals surface area contributed by atoms with Crippen LogP contribution in [0.4, 0.5) is 0 Å². The summed E-state index contributed by atoms with van der Waals surface area (Å²) in [6, 6.07) is 74.9. The highest BCUT2D eigenvalue weighted by Gasteiger charge is 2.21. The van der Waals surface area contributed by atoms with Gasteiger partial charge in [0.15, 0.2) is 5.82 Å². The van der Waals surface area contributed by atoms with Crippen LogP contribution < -0.4 is 0 Å². The number of fused-ring (bicyclic) bond motifs is 8. The van der Waals surface area contributed by atoms with Crippen molar-refractivity contribution in [2.45, 2.75) is 0 Å². The normalized spacial score (nSPS) is 11.7. The van der Waals surface area contributed by atoms with E-state index in [0.29, 0.717) is 5.82 Å². The second-order valence-corrected chi connectivity index (χ2v) is 15.3. The molecule has 0 unspecified atom stereocenters. The van der Waals surface area contributed by atoms with Gasteiger partial charge in [-0.3, -0.25) is 0 Å². The Morgan fingerprint density at radius 2 is 0.867 bits per heavy atom. The third kappa shape index (κ3) is 5.53. The van der Waals surface area contributed by atoms with Crippen molar-refractivity contribution in [1.29, 1.82) is 0 Å². The second-order valence-electron chi connectivity index (χ2n) is 15.3. The molecule has 0 N–H and O–H groups in total. The predicted octanol–water partition coefficient (Wildman–Crippen LogP) is 15.0. The number of aromatic nitrogens is 3. The molecule has 0 saturated carbocycles. The molecule has 280 valence electrons. The second kappa shape index (κ2) is 13.8. The van der Waals surface area contributed by atoms with Crippen molar-refractivity contribution < 1.29 is 4.42 Å². The first kappa shape index (κ1) is 34.0. The number of furan rings is 1. The zero-order chi connectivity index (χ0) is 39.6. The molecule has 4 heteroatoms. The number of hydrogen-bond donors (Lipinski definition) is 0. The van der Waals surface area contributed by atoms with Crippen LogP contribution in [0.3, 0.4) is 0 Å². The molecule has 0 saturated heterocycles. The topological polar surface area (TPSA) is 43.9 Å². The van der Waals surface area contributed by atoms with Crippen LogP contribution >= 0.6 is 0 Å². The van der Waals surface area contributed by atoms with Crippen LogP contribution in [0.2, 0.25) is 0 Å². The van der Waals surface area contributed by atoms with E-state index in [9.17, 15) is 0 Å². The number of benzene rings is 9. The molecule has 0 fully saturated rings. The summed E-state index contributed by atoms with van der Waals surface area (Å²) >= 11 is 0. The van der Waals surface area contributed by atoms with E-state index >= 15 is 0 Å². The van der Waals surface area contributed by atoms with Crippen LogP contribution in [-0.4, -0.2) is 14.5 Å². The maximum Gasteiger partial charge on any atom is 0.160 e. The number of para-hydroxylation sites is 2. The third-order valence-corrected chi connectivity index (χ3v) is 11.8. The van der Waals surface area contributed by atoms with Crippen LogP contribution in [0.25, 0.3) is 116 Å². The van der Waals surface area contributed by atoms with Gasteiger partial charge in [0, 0.05) is 49.0 Å². The molecule has 0 radical (unpaired) electrons. The third-order valence-electron chi connectivity index (χ3n) is 11.8. The van der Waals surface area contributed by atoms with Crippen molar-refractivity contribution in [3.8, 4) is 61.8 Å². The molecule has 0 atom stereocenters. The van der Waals surface area contributed by atoms with Crippen molar-refractivity contribution in [3.63, 3.8) is 0 Å². The molecule has 3 heterocycles. The van der Waals surface area contributed by atoms with Gasteiger partial charge in [-0.25, -0.2) is 9.97 Å². The Morgan fingerprint density at radius 1 is 0.350 bits per heavy atom. The molecule has 4 nitrogen and oxygen atoms in total. The van der Waals surface area contributed by atoms with E-state index in [1.807, 2.05) is 36.4 Å². The van der Waals surface area contributed by atoms with Gasteiger partial charge in [-0.2, -0.15) is 0 Å². The van der Waals surface area contributed by atoms with Gasteiger partial charge in [0.25, 0.3) is 0 Å². The van der Waals surface area contributed by atoms with E-state index in [2.05, 4.69) is 180 Å². The van der Waals surface area contributed by atoms with E-state index in [-0.39, 0.29) is 0 Å². The summed E-state index contributed by atoms with van der Waals surface area (Å²) in [6.45, 7) is 0. The van der Waals surface area contributed by atoms with Gasteiger partial charge in [-0.15, -0.1) is 0 Å². The zero-order valence-electron chi connectivity index (χ0n) is 32.5. The summed E-state index contributed by atoms with van der Waals surface area (Å²) in [7, 11) is 0. The Labute approximate surface area is 346 Å². The lowest BCUT2D eigenvalue weighted by Crippen LogP contribution is -1.96. The largest absolute Gasteiger partial charge is 0.455 e. The Bertz CT molecular complexity index is 3490. The first-order valence-electron chi connectivity index (χ1n) is 20.3. The molecule has 3 aromatic heterocycles. The van der Waals surface area contributed by atoms with E-state index in [0.717, 1.165) is 88.7 Å². The molecular weight excluding hydrogens is 731 g/mol. The van der Waals surface area contributed by atoms with Crippen molar-refractivity contribution in [3.05, 3.63) is 212 Å². The summed E-state index contributed by atoms with van der Waals surface area (Å²) in [5.41, 5.74) is 14.6. The van der Waals surface area contributed by atoms with Gasteiger partial charge in [0.2, 0.25) is 0 Å². The minimum atomic E-state index is 0.703. The maximum absolute atomic E-state index is 6.82. The fraction of sp³-hybridized carbons (Fsp3) is 0. The number of rotatable bonds is 6. The van der Waals surface area contributed by atoms with Gasteiger partial charge in [0.1, 0.15) is 11.2 Å². The van der Waals surface area contributed by atoms with Gasteiger partial charge < -0.3 is 8.98 Å². The lowest BCUT2D eigenvalue weighted by molar-refractivity contribution is 0.672. The van der Waals surface area contributed by atoms with E-state index in [1.165, 1.54) is 21.8 Å². The first-order valence-corrected chi connectivity index (χ1v) is 20.3. The average Bonchev–Trinajstić information content (AvgIpc) is 3.88. The lowest BCUT2D eigenvalue weighted by Gasteiger charge is -2.13. The van der Waals surface area contributed by atoms with Crippen molar-refractivity contribution in [1.82, 2.24) is 14.5 Å². The summed E-state index contributed by atoms with van der Waals surface area (Å²) in [6.07, 6.45) is 0. The van der Waals surface area contributed by atoms with E-state index < -0.39 is 0 Å². The fourth-order valence-corrected chi connectivity index (χ4v) is 9.03. The number of nitrogens with zero attached hydrogens (tertiary/aromatic N) is 3. The van der Waals surface area contributed by atoms with Crippen molar-refractivity contribution in [2.24, 2.45) is 0 Å². The van der Waals surface area contributed by atoms with Crippen LogP contribution in [0.15, 0.2) is 217 Å². The molecule has 0 aliphatic rings. The molecule has 12 rings (SSSR count). The van der Waals surface area contributed by atoms with Crippen LogP contribution in [0.5, 0.6) is 0 Å². The maximum atomic E-state index is 6.82. The fourth-order valence-electron chi connectivity index (χ4n) is 9.03.